The highest BCUT2D eigenvalue weighted by Crippen LogP contribution is 2.41. The van der Waals surface area contributed by atoms with Gasteiger partial charge in [0, 0.05) is 86.2 Å². The minimum Gasteiger partial charge on any atom is -0.390 e. The Morgan fingerprint density at radius 2 is 1.82 bits per heavy atom. The quantitative estimate of drug-likeness (QED) is 0.389. The molecule has 2 aromatic rings. The lowest BCUT2D eigenvalue weighted by molar-refractivity contribution is -0.139. The molecule has 244 valence electrons. The van der Waals surface area contributed by atoms with E-state index >= 15 is 0 Å². The Hall–Kier alpha value is -1.68. The standard InChI is InChI=1S/C30H42F3N5O4S2/c1-44(40,41)37-8-7-27-25(20-37)29(34-38(27)19-24(39)18-35-9-12-42-13-10-35)21-5-6-26(30(31,32)33)28(15-21)43-14-11-36-16-22-3-2-4-23(22)17-36/h5-6,15,22-24,39H,2-4,7-14,16-20H2,1H3/t22?,23?,24-/m0/s1. The van der Waals surface area contributed by atoms with Crippen molar-refractivity contribution in [2.75, 3.05) is 71.0 Å². The summed E-state index contributed by atoms with van der Waals surface area (Å²) in [7, 11) is -3.49. The fourth-order valence-corrected chi connectivity index (χ4v) is 9.20. The van der Waals surface area contributed by atoms with Crippen molar-refractivity contribution in [3.63, 3.8) is 0 Å². The van der Waals surface area contributed by atoms with E-state index in [2.05, 4.69) is 9.80 Å². The molecule has 1 aromatic carbocycles. The van der Waals surface area contributed by atoms with Gasteiger partial charge in [-0.2, -0.15) is 22.6 Å². The van der Waals surface area contributed by atoms with Crippen LogP contribution in [0.1, 0.15) is 36.1 Å². The molecule has 3 atom stereocenters. The molecule has 4 heterocycles. The molecule has 3 aliphatic heterocycles. The number of likely N-dealkylation sites (tertiary alicyclic amines) is 1. The number of alkyl halides is 3. The second-order valence-corrected chi connectivity index (χ2v) is 15.8. The van der Waals surface area contributed by atoms with Gasteiger partial charge >= 0.3 is 6.18 Å². The number of aromatic nitrogens is 2. The highest BCUT2D eigenvalue weighted by molar-refractivity contribution is 7.99. The minimum atomic E-state index is -4.50. The van der Waals surface area contributed by atoms with E-state index in [1.54, 1.807) is 10.7 Å². The number of hydrogen-bond acceptors (Lipinski definition) is 8. The Bertz CT molecular complexity index is 1420. The van der Waals surface area contributed by atoms with Crippen LogP contribution in [0.25, 0.3) is 11.3 Å². The van der Waals surface area contributed by atoms with Gasteiger partial charge in [0.15, 0.2) is 0 Å². The summed E-state index contributed by atoms with van der Waals surface area (Å²) in [6.45, 7) is 6.53. The van der Waals surface area contributed by atoms with E-state index in [0.29, 0.717) is 48.8 Å². The van der Waals surface area contributed by atoms with Crippen molar-refractivity contribution < 1.29 is 31.4 Å². The minimum absolute atomic E-state index is 0.0872. The van der Waals surface area contributed by atoms with Crippen LogP contribution in [-0.2, 0) is 40.4 Å². The monoisotopic (exact) mass is 657 g/mol. The number of halogens is 3. The Kier molecular flexibility index (Phi) is 9.69. The summed E-state index contributed by atoms with van der Waals surface area (Å²) >= 11 is 1.22. The Labute approximate surface area is 261 Å². The van der Waals surface area contributed by atoms with Gasteiger partial charge in [0.25, 0.3) is 0 Å². The van der Waals surface area contributed by atoms with E-state index in [-0.39, 0.29) is 24.5 Å². The Morgan fingerprint density at radius 3 is 2.50 bits per heavy atom. The van der Waals surface area contributed by atoms with E-state index < -0.39 is 27.9 Å². The summed E-state index contributed by atoms with van der Waals surface area (Å²) < 4.78 is 75.7. The summed E-state index contributed by atoms with van der Waals surface area (Å²) in [5.41, 5.74) is 1.81. The highest BCUT2D eigenvalue weighted by Gasteiger charge is 2.37. The van der Waals surface area contributed by atoms with Crippen molar-refractivity contribution in [2.45, 2.75) is 55.9 Å². The van der Waals surface area contributed by atoms with Crippen molar-refractivity contribution in [3.05, 3.63) is 35.0 Å². The maximum absolute atomic E-state index is 14.1. The molecule has 6 rings (SSSR count). The number of aliphatic hydroxyl groups is 1. The van der Waals surface area contributed by atoms with E-state index in [0.717, 1.165) is 62.6 Å². The number of rotatable bonds is 10. The van der Waals surface area contributed by atoms with Gasteiger partial charge in [0.05, 0.1) is 43.4 Å². The van der Waals surface area contributed by atoms with Crippen LogP contribution >= 0.6 is 11.8 Å². The first kappa shape index (κ1) is 32.3. The normalized spacial score (nSPS) is 24.5. The smallest absolute Gasteiger partial charge is 0.390 e. The van der Waals surface area contributed by atoms with Crippen molar-refractivity contribution in [2.24, 2.45) is 11.8 Å². The van der Waals surface area contributed by atoms with E-state index in [9.17, 15) is 26.7 Å². The zero-order valence-electron chi connectivity index (χ0n) is 25.1. The van der Waals surface area contributed by atoms with Gasteiger partial charge < -0.3 is 14.7 Å². The number of nitrogens with zero attached hydrogens (tertiary/aromatic N) is 5. The van der Waals surface area contributed by atoms with Gasteiger partial charge in [-0.15, -0.1) is 11.8 Å². The molecule has 0 amide bonds. The molecule has 14 heteroatoms. The Morgan fingerprint density at radius 1 is 1.09 bits per heavy atom. The van der Waals surface area contributed by atoms with Crippen molar-refractivity contribution in [1.82, 2.24) is 23.9 Å². The first-order chi connectivity index (χ1) is 21.0. The van der Waals surface area contributed by atoms with Gasteiger partial charge in [-0.3, -0.25) is 9.58 Å². The number of hydrogen-bond donors (Lipinski definition) is 1. The first-order valence-electron chi connectivity index (χ1n) is 15.5. The third-order valence-corrected chi connectivity index (χ3v) is 11.8. The number of ether oxygens (including phenoxy) is 1. The molecule has 2 saturated heterocycles. The molecule has 0 bridgehead atoms. The molecule has 1 aromatic heterocycles. The molecule has 4 aliphatic rings. The van der Waals surface area contributed by atoms with Crippen LogP contribution in [0.15, 0.2) is 23.1 Å². The zero-order valence-corrected chi connectivity index (χ0v) is 26.8. The maximum Gasteiger partial charge on any atom is 0.417 e. The molecule has 1 saturated carbocycles. The molecule has 0 spiro atoms. The number of β-amino-alcohol motifs (C(OH)–C–C–N with tert-alkyl or cyclic N) is 1. The fraction of sp³-hybridized carbons (Fsp3) is 0.700. The lowest BCUT2D eigenvalue weighted by atomic mass is 10.0. The average molecular weight is 658 g/mol. The summed E-state index contributed by atoms with van der Waals surface area (Å²) in [4.78, 5) is 4.67. The number of morpholine rings is 1. The molecule has 1 aliphatic carbocycles. The number of aliphatic hydroxyl groups excluding tert-OH is 1. The van der Waals surface area contributed by atoms with Crippen LogP contribution in [0.3, 0.4) is 0 Å². The molecule has 0 radical (unpaired) electrons. The zero-order chi connectivity index (χ0) is 31.1. The molecule has 9 nitrogen and oxygen atoms in total. The summed E-state index contributed by atoms with van der Waals surface area (Å²) in [5.74, 6) is 2.01. The maximum atomic E-state index is 14.1. The lowest BCUT2D eigenvalue weighted by Crippen LogP contribution is -2.42. The van der Waals surface area contributed by atoms with E-state index in [1.807, 2.05) is 0 Å². The third-order valence-electron chi connectivity index (χ3n) is 9.55. The lowest BCUT2D eigenvalue weighted by Gasteiger charge is -2.29. The van der Waals surface area contributed by atoms with Crippen LogP contribution in [0, 0.1) is 11.8 Å². The predicted molar refractivity (Wildman–Crippen MR) is 163 cm³/mol. The molecule has 44 heavy (non-hydrogen) atoms. The van der Waals surface area contributed by atoms with Gasteiger partial charge in [0.1, 0.15) is 0 Å². The van der Waals surface area contributed by atoms with E-state index in [1.165, 1.54) is 41.4 Å². The van der Waals surface area contributed by atoms with Gasteiger partial charge in [-0.05, 0) is 36.8 Å². The van der Waals surface area contributed by atoms with Crippen LogP contribution < -0.4 is 0 Å². The van der Waals surface area contributed by atoms with Crippen LogP contribution in [-0.4, -0.2) is 115 Å². The fourth-order valence-electron chi connectivity index (χ4n) is 7.29. The molecule has 1 N–H and O–H groups in total. The number of thioether (sulfide) groups is 1. The summed E-state index contributed by atoms with van der Waals surface area (Å²) in [6, 6.07) is 4.11. The number of sulfonamides is 1. The summed E-state index contributed by atoms with van der Waals surface area (Å²) in [5, 5.41) is 15.8. The second kappa shape index (κ2) is 13.2. The van der Waals surface area contributed by atoms with E-state index in [4.69, 9.17) is 9.84 Å². The van der Waals surface area contributed by atoms with Crippen LogP contribution in [0.2, 0.25) is 0 Å². The molecular weight excluding hydrogens is 615 g/mol. The highest BCUT2D eigenvalue weighted by atomic mass is 32.2. The van der Waals surface area contributed by atoms with Crippen LogP contribution in [0.4, 0.5) is 13.2 Å². The SMILES string of the molecule is CS(=O)(=O)N1CCc2c(c(-c3ccc(C(F)(F)F)c(SCCN4CC5CCCC5C4)c3)nn2C[C@@H](O)CN2CCOCC2)C1. The van der Waals surface area contributed by atoms with Crippen molar-refractivity contribution in [1.29, 1.82) is 0 Å². The molecular formula is C30H42F3N5O4S2. The van der Waals surface area contributed by atoms with Gasteiger partial charge in [-0.1, -0.05) is 12.5 Å². The topological polar surface area (TPSA) is 91.1 Å². The number of fused-ring (bicyclic) bond motifs is 2. The second-order valence-electron chi connectivity index (χ2n) is 12.6. The molecule has 3 fully saturated rings. The van der Waals surface area contributed by atoms with Gasteiger partial charge in [0.2, 0.25) is 10.0 Å². The predicted octanol–water partition coefficient (Wildman–Crippen LogP) is 3.40. The third kappa shape index (κ3) is 7.31. The van der Waals surface area contributed by atoms with Gasteiger partial charge in [-0.25, -0.2) is 8.42 Å². The largest absolute Gasteiger partial charge is 0.417 e. The van der Waals surface area contributed by atoms with Crippen LogP contribution in [0.5, 0.6) is 0 Å². The average Bonchev–Trinajstić information content (AvgIpc) is 3.66. The Balaban J connectivity index is 1.26. The van der Waals surface area contributed by atoms with Crippen molar-refractivity contribution in [3.8, 4) is 11.3 Å². The summed E-state index contributed by atoms with van der Waals surface area (Å²) in [6.07, 6.45) is 0.143. The van der Waals surface area contributed by atoms with Crippen molar-refractivity contribution >= 4 is 21.8 Å². The first-order valence-corrected chi connectivity index (χ1v) is 18.4. The number of benzene rings is 1. The molecule has 2 unspecified atom stereocenters.